The van der Waals surface area contributed by atoms with Gasteiger partial charge in [0.05, 0.1) is 5.92 Å². The first kappa shape index (κ1) is 14.6. The number of anilines is 1. The summed E-state index contributed by atoms with van der Waals surface area (Å²) in [6.07, 6.45) is 2.41. The molecule has 2 saturated heterocycles. The Morgan fingerprint density at radius 2 is 1.91 bits per heavy atom. The second-order valence-corrected chi connectivity index (χ2v) is 5.62. The molecule has 2 fully saturated rings. The molecule has 1 aromatic heterocycles. The van der Waals surface area contributed by atoms with Crippen LogP contribution in [0.25, 0.3) is 0 Å². The van der Waals surface area contributed by atoms with Crippen LogP contribution < -0.4 is 4.90 Å². The van der Waals surface area contributed by atoms with Crippen molar-refractivity contribution in [2.75, 3.05) is 31.1 Å². The maximum atomic E-state index is 13.1. The van der Waals surface area contributed by atoms with Crippen molar-refractivity contribution >= 4 is 11.7 Å². The highest BCUT2D eigenvalue weighted by molar-refractivity contribution is 5.82. The van der Waals surface area contributed by atoms with Gasteiger partial charge in [-0.3, -0.25) is 4.79 Å². The summed E-state index contributed by atoms with van der Waals surface area (Å²) in [5.41, 5.74) is 0.228. The van der Waals surface area contributed by atoms with Crippen LogP contribution >= 0.6 is 0 Å². The Balaban J connectivity index is 1.57. The minimum atomic E-state index is -2.65. The molecule has 3 rings (SSSR count). The number of alkyl halides is 2. The summed E-state index contributed by atoms with van der Waals surface area (Å²) in [6.45, 7) is 1.10. The molecule has 0 aromatic carbocycles. The summed E-state index contributed by atoms with van der Waals surface area (Å²) in [4.78, 5) is 23.6. The zero-order valence-electron chi connectivity index (χ0n) is 11.9. The van der Waals surface area contributed by atoms with Crippen LogP contribution in [0, 0.1) is 17.2 Å². The fourth-order valence-electron chi connectivity index (χ4n) is 2.76. The van der Waals surface area contributed by atoms with E-state index in [0.29, 0.717) is 18.9 Å². The summed E-state index contributed by atoms with van der Waals surface area (Å²) in [5.74, 6) is -2.49. The third-order valence-corrected chi connectivity index (χ3v) is 4.12. The minimum absolute atomic E-state index is 0.0888. The predicted octanol–water partition coefficient (Wildman–Crippen LogP) is 1.04. The van der Waals surface area contributed by atoms with Crippen molar-refractivity contribution in [2.45, 2.75) is 18.8 Å². The molecule has 2 aliphatic rings. The standard InChI is InChI=1S/C14H15F2N5O/c15-14(16)1-5-20(6-2-14)13(22)10-8-21(9-10)12-11(7-17)18-3-4-19-12/h3-4,10H,1-2,5-6,8-9H2. The summed E-state index contributed by atoms with van der Waals surface area (Å²) in [7, 11) is 0. The number of nitrogens with zero attached hydrogens (tertiary/aromatic N) is 5. The van der Waals surface area contributed by atoms with Gasteiger partial charge in [0.1, 0.15) is 6.07 Å². The van der Waals surface area contributed by atoms with E-state index in [0.717, 1.165) is 0 Å². The van der Waals surface area contributed by atoms with E-state index in [1.54, 1.807) is 0 Å². The maximum absolute atomic E-state index is 13.1. The Morgan fingerprint density at radius 3 is 2.55 bits per heavy atom. The third kappa shape index (κ3) is 2.71. The summed E-state index contributed by atoms with van der Waals surface area (Å²) >= 11 is 0. The number of piperidine rings is 1. The lowest BCUT2D eigenvalue weighted by Crippen LogP contribution is -2.56. The molecular weight excluding hydrogens is 292 g/mol. The quantitative estimate of drug-likeness (QED) is 0.816. The second kappa shape index (κ2) is 5.48. The number of halogens is 2. The predicted molar refractivity (Wildman–Crippen MR) is 73.2 cm³/mol. The molecule has 116 valence electrons. The third-order valence-electron chi connectivity index (χ3n) is 4.12. The number of carbonyl (C=O) groups is 1. The molecule has 0 atom stereocenters. The van der Waals surface area contributed by atoms with Gasteiger partial charge in [0.25, 0.3) is 5.92 Å². The van der Waals surface area contributed by atoms with Crippen LogP contribution in [-0.4, -0.2) is 52.9 Å². The van der Waals surface area contributed by atoms with Crippen molar-refractivity contribution in [1.82, 2.24) is 14.9 Å². The van der Waals surface area contributed by atoms with E-state index in [1.807, 2.05) is 11.0 Å². The first-order chi connectivity index (χ1) is 10.5. The lowest BCUT2D eigenvalue weighted by Gasteiger charge is -2.42. The van der Waals surface area contributed by atoms with Gasteiger partial charge >= 0.3 is 0 Å². The summed E-state index contributed by atoms with van der Waals surface area (Å²) < 4.78 is 26.2. The molecule has 1 amide bonds. The zero-order valence-corrected chi connectivity index (χ0v) is 11.9. The normalized spacial score (nSPS) is 21.1. The molecule has 8 heteroatoms. The van der Waals surface area contributed by atoms with Crippen LogP contribution in [0.1, 0.15) is 18.5 Å². The smallest absolute Gasteiger partial charge is 0.251 e. The van der Waals surface area contributed by atoms with E-state index in [1.165, 1.54) is 17.3 Å². The maximum Gasteiger partial charge on any atom is 0.251 e. The lowest BCUT2D eigenvalue weighted by atomic mass is 9.96. The molecule has 3 heterocycles. The van der Waals surface area contributed by atoms with Crippen LogP contribution in [0.4, 0.5) is 14.6 Å². The largest absolute Gasteiger partial charge is 0.352 e. The van der Waals surface area contributed by atoms with Crippen molar-refractivity contribution < 1.29 is 13.6 Å². The van der Waals surface area contributed by atoms with Gasteiger partial charge in [-0.2, -0.15) is 5.26 Å². The van der Waals surface area contributed by atoms with Gasteiger partial charge in [-0.15, -0.1) is 0 Å². The molecule has 0 aliphatic carbocycles. The van der Waals surface area contributed by atoms with Gasteiger partial charge in [0.15, 0.2) is 11.5 Å². The van der Waals surface area contributed by atoms with E-state index in [9.17, 15) is 13.6 Å². The van der Waals surface area contributed by atoms with Gasteiger partial charge in [-0.1, -0.05) is 0 Å². The number of rotatable bonds is 2. The Hall–Kier alpha value is -2.30. The van der Waals surface area contributed by atoms with E-state index < -0.39 is 5.92 Å². The second-order valence-electron chi connectivity index (χ2n) is 5.62. The van der Waals surface area contributed by atoms with Crippen molar-refractivity contribution in [2.24, 2.45) is 5.92 Å². The van der Waals surface area contributed by atoms with Crippen molar-refractivity contribution in [3.05, 3.63) is 18.1 Å². The molecular formula is C14H15F2N5O. The molecule has 0 radical (unpaired) electrons. The van der Waals surface area contributed by atoms with Crippen molar-refractivity contribution in [3.63, 3.8) is 0 Å². The van der Waals surface area contributed by atoms with Crippen LogP contribution in [0.5, 0.6) is 0 Å². The topological polar surface area (TPSA) is 73.1 Å². The minimum Gasteiger partial charge on any atom is -0.352 e. The lowest BCUT2D eigenvalue weighted by molar-refractivity contribution is -0.142. The average molecular weight is 307 g/mol. The first-order valence-corrected chi connectivity index (χ1v) is 7.13. The molecule has 0 bridgehead atoms. The molecule has 0 N–H and O–H groups in total. The van der Waals surface area contributed by atoms with Crippen LogP contribution in [0.2, 0.25) is 0 Å². The van der Waals surface area contributed by atoms with Crippen molar-refractivity contribution in [1.29, 1.82) is 5.26 Å². The monoisotopic (exact) mass is 307 g/mol. The average Bonchev–Trinajstić information content (AvgIpc) is 2.46. The van der Waals surface area contributed by atoms with Gasteiger partial charge in [0, 0.05) is 51.4 Å². The Bertz CT molecular complexity index is 614. The number of amides is 1. The Morgan fingerprint density at radius 1 is 1.27 bits per heavy atom. The van der Waals surface area contributed by atoms with Crippen LogP contribution in [0.15, 0.2) is 12.4 Å². The van der Waals surface area contributed by atoms with Gasteiger partial charge in [0.2, 0.25) is 5.91 Å². The number of hydrogen-bond acceptors (Lipinski definition) is 5. The molecule has 0 unspecified atom stereocenters. The van der Waals surface area contributed by atoms with Crippen LogP contribution in [-0.2, 0) is 4.79 Å². The molecule has 0 saturated carbocycles. The number of aromatic nitrogens is 2. The molecule has 6 nitrogen and oxygen atoms in total. The molecule has 22 heavy (non-hydrogen) atoms. The molecule has 0 spiro atoms. The number of carbonyl (C=O) groups excluding carboxylic acids is 1. The van der Waals surface area contributed by atoms with E-state index >= 15 is 0 Å². The number of hydrogen-bond donors (Lipinski definition) is 0. The number of likely N-dealkylation sites (tertiary alicyclic amines) is 1. The number of nitriles is 1. The van der Waals surface area contributed by atoms with Crippen LogP contribution in [0.3, 0.4) is 0 Å². The summed E-state index contributed by atoms with van der Waals surface area (Å²) in [5, 5.41) is 8.99. The van der Waals surface area contributed by atoms with Gasteiger partial charge in [-0.05, 0) is 0 Å². The van der Waals surface area contributed by atoms with E-state index in [-0.39, 0.29) is 43.5 Å². The highest BCUT2D eigenvalue weighted by Gasteiger charge is 2.41. The highest BCUT2D eigenvalue weighted by atomic mass is 19.3. The first-order valence-electron chi connectivity index (χ1n) is 7.13. The molecule has 1 aromatic rings. The van der Waals surface area contributed by atoms with Gasteiger partial charge in [-0.25, -0.2) is 18.7 Å². The fourth-order valence-corrected chi connectivity index (χ4v) is 2.76. The fraction of sp³-hybridized carbons (Fsp3) is 0.571. The Labute approximate surface area is 126 Å². The van der Waals surface area contributed by atoms with E-state index in [4.69, 9.17) is 5.26 Å². The SMILES string of the molecule is N#Cc1nccnc1N1CC(C(=O)N2CCC(F)(F)CC2)C1. The molecule has 2 aliphatic heterocycles. The summed E-state index contributed by atoms with van der Waals surface area (Å²) in [6, 6.07) is 1.97. The van der Waals surface area contributed by atoms with E-state index in [2.05, 4.69) is 9.97 Å². The Kier molecular flexibility index (Phi) is 3.64. The zero-order chi connectivity index (χ0) is 15.7. The van der Waals surface area contributed by atoms with Crippen molar-refractivity contribution in [3.8, 4) is 6.07 Å². The highest BCUT2D eigenvalue weighted by Crippen LogP contribution is 2.30. The van der Waals surface area contributed by atoms with Gasteiger partial charge < -0.3 is 9.80 Å².